The highest BCUT2D eigenvalue weighted by Gasteiger charge is 2.41. The summed E-state index contributed by atoms with van der Waals surface area (Å²) in [4.78, 5) is 18.7. The number of rotatable bonds is 4. The Morgan fingerprint density at radius 3 is 2.30 bits per heavy atom. The van der Waals surface area contributed by atoms with Crippen molar-refractivity contribution in [2.75, 3.05) is 26.0 Å². The standard InChI is InChI=1S/C18H28N4O/c1-13-9-14(2)11-15(10-13)21-17(19)20-12-18(7-5-6-8-18)16(23)22(3)4/h9-11H,5-8,12H2,1-4H3,(H3,19,20,21). The number of guanidine groups is 1. The van der Waals surface area contributed by atoms with Crippen LogP contribution in [0, 0.1) is 19.3 Å². The van der Waals surface area contributed by atoms with Crippen LogP contribution in [0.5, 0.6) is 0 Å². The Morgan fingerprint density at radius 2 is 1.78 bits per heavy atom. The Kier molecular flexibility index (Phi) is 5.29. The third kappa shape index (κ3) is 4.24. The number of carbonyl (C=O) groups excluding carboxylic acids is 1. The number of aliphatic imine (C=N–C) groups is 1. The van der Waals surface area contributed by atoms with Crippen LogP contribution in [0.2, 0.25) is 0 Å². The van der Waals surface area contributed by atoms with Crippen molar-refractivity contribution >= 4 is 17.6 Å². The lowest BCUT2D eigenvalue weighted by molar-refractivity contribution is -0.138. The maximum Gasteiger partial charge on any atom is 0.230 e. The second-order valence-electron chi connectivity index (χ2n) is 6.89. The van der Waals surface area contributed by atoms with Crippen LogP contribution in [-0.4, -0.2) is 37.4 Å². The number of hydrogen-bond acceptors (Lipinski definition) is 2. The van der Waals surface area contributed by atoms with Gasteiger partial charge in [0.25, 0.3) is 0 Å². The van der Waals surface area contributed by atoms with Gasteiger partial charge in [0.05, 0.1) is 12.0 Å². The molecule has 1 aliphatic carbocycles. The maximum atomic E-state index is 12.5. The van der Waals surface area contributed by atoms with Gasteiger partial charge in [-0.1, -0.05) is 18.9 Å². The first-order valence-corrected chi connectivity index (χ1v) is 8.19. The molecule has 3 N–H and O–H groups in total. The molecule has 0 aliphatic heterocycles. The van der Waals surface area contributed by atoms with Gasteiger partial charge in [-0.05, 0) is 49.9 Å². The van der Waals surface area contributed by atoms with E-state index in [0.717, 1.165) is 31.4 Å². The van der Waals surface area contributed by atoms with Gasteiger partial charge in [-0.25, -0.2) is 0 Å². The summed E-state index contributed by atoms with van der Waals surface area (Å²) in [5, 5.41) is 3.14. The van der Waals surface area contributed by atoms with E-state index in [1.807, 2.05) is 26.2 Å². The number of nitrogens with two attached hydrogens (primary N) is 1. The Bertz CT molecular complexity index is 581. The van der Waals surface area contributed by atoms with Crippen molar-refractivity contribution in [1.29, 1.82) is 0 Å². The fraction of sp³-hybridized carbons (Fsp3) is 0.556. The summed E-state index contributed by atoms with van der Waals surface area (Å²) in [5.74, 6) is 0.533. The number of aryl methyl sites for hydroxylation is 2. The fourth-order valence-electron chi connectivity index (χ4n) is 3.44. The minimum Gasteiger partial charge on any atom is -0.370 e. The predicted molar refractivity (Wildman–Crippen MR) is 95.6 cm³/mol. The quantitative estimate of drug-likeness (QED) is 0.663. The van der Waals surface area contributed by atoms with E-state index in [1.165, 1.54) is 11.1 Å². The maximum absolute atomic E-state index is 12.5. The number of amides is 1. The molecule has 0 atom stereocenters. The zero-order chi connectivity index (χ0) is 17.0. The molecule has 0 aromatic heterocycles. The van der Waals surface area contributed by atoms with Crippen molar-refractivity contribution in [3.05, 3.63) is 29.3 Å². The molecule has 1 saturated carbocycles. The molecule has 23 heavy (non-hydrogen) atoms. The summed E-state index contributed by atoms with van der Waals surface area (Å²) >= 11 is 0. The summed E-state index contributed by atoms with van der Waals surface area (Å²) in [5.41, 5.74) is 8.94. The van der Waals surface area contributed by atoms with Gasteiger partial charge in [0.2, 0.25) is 5.91 Å². The van der Waals surface area contributed by atoms with E-state index in [1.54, 1.807) is 4.90 Å². The molecule has 126 valence electrons. The minimum atomic E-state index is -0.377. The third-order valence-corrected chi connectivity index (χ3v) is 4.47. The molecule has 0 radical (unpaired) electrons. The van der Waals surface area contributed by atoms with Crippen molar-refractivity contribution in [3.63, 3.8) is 0 Å². The molecule has 5 nitrogen and oxygen atoms in total. The number of nitrogens with one attached hydrogen (secondary N) is 1. The number of nitrogens with zero attached hydrogens (tertiary/aromatic N) is 2. The molecule has 0 spiro atoms. The molecule has 5 heteroatoms. The lowest BCUT2D eigenvalue weighted by Crippen LogP contribution is -2.41. The number of anilines is 1. The van der Waals surface area contributed by atoms with Crippen LogP contribution in [0.15, 0.2) is 23.2 Å². The zero-order valence-electron chi connectivity index (χ0n) is 14.6. The van der Waals surface area contributed by atoms with Crippen LogP contribution in [0.3, 0.4) is 0 Å². The Balaban J connectivity index is 2.09. The molecule has 2 rings (SSSR count). The molecule has 1 aromatic rings. The van der Waals surface area contributed by atoms with Crippen LogP contribution in [-0.2, 0) is 4.79 Å². The van der Waals surface area contributed by atoms with Crippen molar-refractivity contribution in [2.24, 2.45) is 16.1 Å². The summed E-state index contributed by atoms with van der Waals surface area (Å²) in [6.07, 6.45) is 3.95. The van der Waals surface area contributed by atoms with Gasteiger partial charge in [-0.3, -0.25) is 9.79 Å². The van der Waals surface area contributed by atoms with Crippen molar-refractivity contribution in [1.82, 2.24) is 4.90 Å². The molecule has 1 aromatic carbocycles. The first-order chi connectivity index (χ1) is 10.8. The van der Waals surface area contributed by atoms with E-state index in [9.17, 15) is 4.79 Å². The topological polar surface area (TPSA) is 70.7 Å². The lowest BCUT2D eigenvalue weighted by atomic mass is 9.85. The monoisotopic (exact) mass is 316 g/mol. The average molecular weight is 316 g/mol. The molecule has 1 aliphatic rings. The van der Waals surface area contributed by atoms with Crippen molar-refractivity contribution in [2.45, 2.75) is 39.5 Å². The smallest absolute Gasteiger partial charge is 0.230 e. The van der Waals surface area contributed by atoms with Gasteiger partial charge in [0.15, 0.2) is 5.96 Å². The third-order valence-electron chi connectivity index (χ3n) is 4.47. The van der Waals surface area contributed by atoms with Crippen LogP contribution >= 0.6 is 0 Å². The first-order valence-electron chi connectivity index (χ1n) is 8.19. The molecule has 0 saturated heterocycles. The van der Waals surface area contributed by atoms with Crippen LogP contribution < -0.4 is 11.1 Å². The van der Waals surface area contributed by atoms with E-state index in [-0.39, 0.29) is 11.3 Å². The Hall–Kier alpha value is -2.04. The van der Waals surface area contributed by atoms with Crippen molar-refractivity contribution < 1.29 is 4.79 Å². The lowest BCUT2D eigenvalue weighted by Gasteiger charge is -2.29. The van der Waals surface area contributed by atoms with Gasteiger partial charge in [-0.15, -0.1) is 0 Å². The van der Waals surface area contributed by atoms with Crippen LogP contribution in [0.1, 0.15) is 36.8 Å². The largest absolute Gasteiger partial charge is 0.370 e. The number of carbonyl (C=O) groups is 1. The highest BCUT2D eigenvalue weighted by atomic mass is 16.2. The van der Waals surface area contributed by atoms with E-state index in [4.69, 9.17) is 5.73 Å². The van der Waals surface area contributed by atoms with Gasteiger partial charge in [-0.2, -0.15) is 0 Å². The average Bonchev–Trinajstić information content (AvgIpc) is 2.93. The molecule has 0 bridgehead atoms. The Labute approximate surface area is 139 Å². The number of hydrogen-bond donors (Lipinski definition) is 2. The first kappa shape index (κ1) is 17.3. The summed E-state index contributed by atoms with van der Waals surface area (Å²) in [6, 6.07) is 6.18. The van der Waals surface area contributed by atoms with E-state index in [2.05, 4.69) is 30.2 Å². The van der Waals surface area contributed by atoms with Gasteiger partial charge >= 0.3 is 0 Å². The SMILES string of the molecule is Cc1cc(C)cc(NC(N)=NCC2(C(=O)N(C)C)CCCC2)c1. The number of benzene rings is 1. The van der Waals surface area contributed by atoms with Gasteiger partial charge < -0.3 is 16.0 Å². The molecule has 0 heterocycles. The second-order valence-corrected chi connectivity index (χ2v) is 6.89. The highest BCUT2D eigenvalue weighted by molar-refractivity contribution is 5.93. The second kappa shape index (κ2) is 7.02. The van der Waals surface area contributed by atoms with Gasteiger partial charge in [0, 0.05) is 19.8 Å². The molecule has 1 amide bonds. The summed E-state index contributed by atoms with van der Waals surface area (Å²) < 4.78 is 0. The van der Waals surface area contributed by atoms with Crippen molar-refractivity contribution in [3.8, 4) is 0 Å². The molecular formula is C18H28N4O. The van der Waals surface area contributed by atoms with Crippen LogP contribution in [0.25, 0.3) is 0 Å². The fourth-order valence-corrected chi connectivity index (χ4v) is 3.44. The van der Waals surface area contributed by atoms with Gasteiger partial charge in [0.1, 0.15) is 0 Å². The predicted octanol–water partition coefficient (Wildman–Crippen LogP) is 2.68. The molecule has 0 unspecified atom stereocenters. The minimum absolute atomic E-state index is 0.165. The summed E-state index contributed by atoms with van der Waals surface area (Å²) in [6.45, 7) is 4.55. The zero-order valence-corrected chi connectivity index (χ0v) is 14.6. The summed E-state index contributed by atoms with van der Waals surface area (Å²) in [7, 11) is 3.62. The van der Waals surface area contributed by atoms with Crippen LogP contribution in [0.4, 0.5) is 5.69 Å². The molecule has 1 fully saturated rings. The molecular weight excluding hydrogens is 288 g/mol. The van der Waals surface area contributed by atoms with E-state index in [0.29, 0.717) is 12.5 Å². The van der Waals surface area contributed by atoms with E-state index < -0.39 is 0 Å². The Morgan fingerprint density at radius 1 is 1.22 bits per heavy atom. The normalized spacial score (nSPS) is 17.1. The highest BCUT2D eigenvalue weighted by Crippen LogP contribution is 2.39. The van der Waals surface area contributed by atoms with E-state index >= 15 is 0 Å².